The molecule has 24 heavy (non-hydrogen) atoms. The molecule has 3 rings (SSSR count). The van der Waals surface area contributed by atoms with Crippen LogP contribution in [0.15, 0.2) is 59.1 Å². The molecule has 0 aliphatic rings. The Hall–Kier alpha value is -3.15. The fraction of sp³-hybridized carbons (Fsp3) is 0.167. The molecule has 1 heterocycles. The van der Waals surface area contributed by atoms with Crippen LogP contribution in [0.25, 0.3) is 11.4 Å². The summed E-state index contributed by atoms with van der Waals surface area (Å²) in [5, 5.41) is 6.81. The maximum Gasteiger partial charge on any atom is 0.251 e. The monoisotopic (exact) mass is 323 g/mol. The van der Waals surface area contributed by atoms with E-state index in [1.54, 1.807) is 26.2 Å². The van der Waals surface area contributed by atoms with E-state index >= 15 is 0 Å². The van der Waals surface area contributed by atoms with Gasteiger partial charge in [0.2, 0.25) is 11.7 Å². The van der Waals surface area contributed by atoms with Gasteiger partial charge in [-0.1, -0.05) is 23.4 Å². The van der Waals surface area contributed by atoms with Gasteiger partial charge in [0, 0.05) is 11.1 Å². The second kappa shape index (κ2) is 6.95. The van der Waals surface area contributed by atoms with Gasteiger partial charge in [0.15, 0.2) is 0 Å². The number of carbonyl (C=O) groups excluding carboxylic acids is 1. The van der Waals surface area contributed by atoms with Gasteiger partial charge in [-0.05, 0) is 43.3 Å². The van der Waals surface area contributed by atoms with Gasteiger partial charge >= 0.3 is 0 Å². The van der Waals surface area contributed by atoms with Crippen LogP contribution < -0.4 is 10.1 Å². The fourth-order valence-electron chi connectivity index (χ4n) is 2.20. The molecular formula is C18H17N3O3. The van der Waals surface area contributed by atoms with Crippen molar-refractivity contribution in [3.05, 3.63) is 66.1 Å². The molecule has 0 saturated carbocycles. The standard InChI is InChI=1S/C18H17N3O3/c1-12(19-17(22)14-6-4-3-5-7-14)18-20-16(21-24-18)13-8-10-15(23-2)11-9-13/h3-12H,1-2H3,(H,19,22). The third-order valence-corrected chi connectivity index (χ3v) is 3.54. The van der Waals surface area contributed by atoms with Crippen LogP contribution in [0.5, 0.6) is 5.75 Å². The summed E-state index contributed by atoms with van der Waals surface area (Å²) in [6, 6.07) is 15.9. The van der Waals surface area contributed by atoms with Gasteiger partial charge in [0.25, 0.3) is 5.91 Å². The Bertz CT molecular complexity index is 813. The van der Waals surface area contributed by atoms with E-state index in [4.69, 9.17) is 9.26 Å². The first-order chi connectivity index (χ1) is 11.7. The average molecular weight is 323 g/mol. The molecule has 0 bridgehead atoms. The van der Waals surface area contributed by atoms with E-state index in [1.807, 2.05) is 42.5 Å². The Morgan fingerprint density at radius 1 is 1.12 bits per heavy atom. The molecule has 0 spiro atoms. The summed E-state index contributed by atoms with van der Waals surface area (Å²) in [5.41, 5.74) is 1.40. The number of rotatable bonds is 5. The van der Waals surface area contributed by atoms with Crippen molar-refractivity contribution in [2.45, 2.75) is 13.0 Å². The molecule has 1 aromatic heterocycles. The molecule has 6 heteroatoms. The van der Waals surface area contributed by atoms with Crippen molar-refractivity contribution in [3.63, 3.8) is 0 Å². The number of nitrogens with zero attached hydrogens (tertiary/aromatic N) is 2. The summed E-state index contributed by atoms with van der Waals surface area (Å²) in [4.78, 5) is 16.5. The summed E-state index contributed by atoms with van der Waals surface area (Å²) in [7, 11) is 1.61. The number of amides is 1. The second-order valence-corrected chi connectivity index (χ2v) is 5.25. The van der Waals surface area contributed by atoms with Gasteiger partial charge in [-0.25, -0.2) is 0 Å². The van der Waals surface area contributed by atoms with E-state index in [0.29, 0.717) is 17.3 Å². The van der Waals surface area contributed by atoms with Crippen molar-refractivity contribution in [2.75, 3.05) is 7.11 Å². The highest BCUT2D eigenvalue weighted by atomic mass is 16.5. The third kappa shape index (κ3) is 3.43. The highest BCUT2D eigenvalue weighted by molar-refractivity contribution is 5.94. The SMILES string of the molecule is COc1ccc(-c2noc(C(C)NC(=O)c3ccccc3)n2)cc1. The zero-order chi connectivity index (χ0) is 16.9. The first-order valence-corrected chi connectivity index (χ1v) is 7.51. The van der Waals surface area contributed by atoms with Gasteiger partial charge < -0.3 is 14.6 Å². The van der Waals surface area contributed by atoms with Gasteiger partial charge in [0.05, 0.1) is 7.11 Å². The first kappa shape index (κ1) is 15.7. The van der Waals surface area contributed by atoms with Gasteiger partial charge in [-0.3, -0.25) is 4.79 Å². The Kier molecular flexibility index (Phi) is 4.56. The van der Waals surface area contributed by atoms with Crippen LogP contribution in [-0.4, -0.2) is 23.2 Å². The Labute approximate surface area is 139 Å². The lowest BCUT2D eigenvalue weighted by Crippen LogP contribution is -2.26. The molecule has 3 aromatic rings. The predicted molar refractivity (Wildman–Crippen MR) is 88.6 cm³/mol. The lowest BCUT2D eigenvalue weighted by atomic mass is 10.2. The van der Waals surface area contributed by atoms with Crippen molar-refractivity contribution < 1.29 is 14.1 Å². The number of benzene rings is 2. The molecule has 6 nitrogen and oxygen atoms in total. The van der Waals surface area contributed by atoms with Crippen molar-refractivity contribution in [2.24, 2.45) is 0 Å². The third-order valence-electron chi connectivity index (χ3n) is 3.54. The lowest BCUT2D eigenvalue weighted by molar-refractivity contribution is 0.0932. The molecule has 0 aliphatic heterocycles. The summed E-state index contributed by atoms with van der Waals surface area (Å²) in [5.74, 6) is 1.39. The molecule has 1 unspecified atom stereocenters. The molecule has 0 fully saturated rings. The number of carbonyl (C=O) groups is 1. The molecule has 122 valence electrons. The molecule has 0 aliphatic carbocycles. The van der Waals surface area contributed by atoms with Gasteiger partial charge in [-0.15, -0.1) is 0 Å². The summed E-state index contributed by atoms with van der Waals surface area (Å²) >= 11 is 0. The molecule has 2 aromatic carbocycles. The van der Waals surface area contributed by atoms with Crippen molar-refractivity contribution in [1.82, 2.24) is 15.5 Å². The fourth-order valence-corrected chi connectivity index (χ4v) is 2.20. The van der Waals surface area contributed by atoms with E-state index in [2.05, 4.69) is 15.5 Å². The van der Waals surface area contributed by atoms with Crippen LogP contribution in [0.3, 0.4) is 0 Å². The predicted octanol–water partition coefficient (Wildman–Crippen LogP) is 3.24. The van der Waals surface area contributed by atoms with Crippen molar-refractivity contribution >= 4 is 5.91 Å². The number of ether oxygens (including phenoxy) is 1. The lowest BCUT2D eigenvalue weighted by Gasteiger charge is -2.09. The van der Waals surface area contributed by atoms with Crippen LogP contribution in [0.1, 0.15) is 29.2 Å². The Morgan fingerprint density at radius 3 is 2.50 bits per heavy atom. The molecule has 1 amide bonds. The number of nitrogens with one attached hydrogen (secondary N) is 1. The number of hydrogen-bond acceptors (Lipinski definition) is 5. The number of hydrogen-bond donors (Lipinski definition) is 1. The molecule has 0 saturated heterocycles. The van der Waals surface area contributed by atoms with Crippen LogP contribution in [0.2, 0.25) is 0 Å². The normalized spacial score (nSPS) is 11.8. The number of methoxy groups -OCH3 is 1. The van der Waals surface area contributed by atoms with Crippen molar-refractivity contribution in [1.29, 1.82) is 0 Å². The topological polar surface area (TPSA) is 77.3 Å². The summed E-state index contributed by atoms with van der Waals surface area (Å²) in [6.07, 6.45) is 0. The zero-order valence-corrected chi connectivity index (χ0v) is 13.4. The van der Waals surface area contributed by atoms with Crippen molar-refractivity contribution in [3.8, 4) is 17.1 Å². The Morgan fingerprint density at radius 2 is 1.83 bits per heavy atom. The zero-order valence-electron chi connectivity index (χ0n) is 13.4. The number of aromatic nitrogens is 2. The highest BCUT2D eigenvalue weighted by Crippen LogP contribution is 2.21. The molecule has 0 radical (unpaired) electrons. The minimum Gasteiger partial charge on any atom is -0.497 e. The van der Waals surface area contributed by atoms with Crippen LogP contribution in [0, 0.1) is 0 Å². The maximum absolute atomic E-state index is 12.2. The van der Waals surface area contributed by atoms with Crippen LogP contribution in [0.4, 0.5) is 0 Å². The molecule has 1 atom stereocenters. The largest absolute Gasteiger partial charge is 0.497 e. The summed E-state index contributed by atoms with van der Waals surface area (Å²) < 4.78 is 10.4. The van der Waals surface area contributed by atoms with Crippen LogP contribution in [-0.2, 0) is 0 Å². The van der Waals surface area contributed by atoms with E-state index < -0.39 is 6.04 Å². The highest BCUT2D eigenvalue weighted by Gasteiger charge is 2.18. The van der Waals surface area contributed by atoms with E-state index in [0.717, 1.165) is 11.3 Å². The minimum atomic E-state index is -0.391. The molecular weight excluding hydrogens is 306 g/mol. The van der Waals surface area contributed by atoms with Crippen LogP contribution >= 0.6 is 0 Å². The first-order valence-electron chi connectivity index (χ1n) is 7.51. The summed E-state index contributed by atoms with van der Waals surface area (Å²) in [6.45, 7) is 1.80. The van der Waals surface area contributed by atoms with E-state index in [-0.39, 0.29) is 5.91 Å². The molecule has 1 N–H and O–H groups in total. The van der Waals surface area contributed by atoms with Gasteiger partial charge in [-0.2, -0.15) is 4.98 Å². The van der Waals surface area contributed by atoms with E-state index in [1.165, 1.54) is 0 Å². The second-order valence-electron chi connectivity index (χ2n) is 5.25. The minimum absolute atomic E-state index is 0.188. The Balaban J connectivity index is 1.71. The van der Waals surface area contributed by atoms with E-state index in [9.17, 15) is 4.79 Å². The smallest absolute Gasteiger partial charge is 0.251 e. The maximum atomic E-state index is 12.2. The van der Waals surface area contributed by atoms with Gasteiger partial charge in [0.1, 0.15) is 11.8 Å². The quantitative estimate of drug-likeness (QED) is 0.780. The average Bonchev–Trinajstić information content (AvgIpc) is 3.13.